The quantitative estimate of drug-likeness (QED) is 0.407. The normalized spacial score (nSPS) is 13.2. The summed E-state index contributed by atoms with van der Waals surface area (Å²) in [5, 5.41) is 0. The average molecular weight is 414 g/mol. The van der Waals surface area contributed by atoms with Crippen LogP contribution in [0.2, 0.25) is 0 Å². The van der Waals surface area contributed by atoms with Crippen LogP contribution in [0.1, 0.15) is 52.5 Å². The molecule has 0 aliphatic carbocycles. The summed E-state index contributed by atoms with van der Waals surface area (Å²) in [5.74, 6) is 0.703. The second kappa shape index (κ2) is 10.8. The summed E-state index contributed by atoms with van der Waals surface area (Å²) in [4.78, 5) is 14.7. The van der Waals surface area contributed by atoms with Gasteiger partial charge in [0.1, 0.15) is 5.75 Å². The molecule has 160 valence electrons. The molecule has 0 bridgehead atoms. The monoisotopic (exact) mass is 413 g/mol. The Morgan fingerprint density at radius 2 is 1.79 bits per heavy atom. The molecule has 6 nitrogen and oxygen atoms in total. The van der Waals surface area contributed by atoms with Crippen LogP contribution in [0.4, 0.5) is 0 Å². The Morgan fingerprint density at radius 1 is 1.18 bits per heavy atom. The highest BCUT2D eigenvalue weighted by atomic mass is 32.2. The van der Waals surface area contributed by atoms with E-state index in [1.165, 1.54) is 0 Å². The number of benzene rings is 1. The summed E-state index contributed by atoms with van der Waals surface area (Å²) in [6.07, 6.45) is 3.28. The predicted molar refractivity (Wildman–Crippen MR) is 112 cm³/mol. The number of hydrogen-bond donors (Lipinski definition) is 0. The molecule has 0 spiro atoms. The van der Waals surface area contributed by atoms with Crippen LogP contribution in [0.3, 0.4) is 0 Å². The first kappa shape index (κ1) is 24.4. The van der Waals surface area contributed by atoms with Crippen molar-refractivity contribution >= 4 is 16.0 Å². The van der Waals surface area contributed by atoms with Crippen molar-refractivity contribution in [1.82, 2.24) is 4.90 Å². The zero-order chi connectivity index (χ0) is 21.4. The minimum absolute atomic E-state index is 0.129. The van der Waals surface area contributed by atoms with Gasteiger partial charge in [-0.1, -0.05) is 39.8 Å². The maximum absolute atomic E-state index is 12.9. The number of ether oxygens (including phenoxy) is 1. The van der Waals surface area contributed by atoms with E-state index >= 15 is 0 Å². The van der Waals surface area contributed by atoms with E-state index in [1.807, 2.05) is 4.90 Å². The number of hydrogen-bond acceptors (Lipinski definition) is 5. The van der Waals surface area contributed by atoms with E-state index in [2.05, 4.69) is 27.7 Å². The Morgan fingerprint density at radius 3 is 2.29 bits per heavy atom. The molecule has 1 rings (SSSR count). The van der Waals surface area contributed by atoms with Gasteiger partial charge >= 0.3 is 10.1 Å². The van der Waals surface area contributed by atoms with Crippen LogP contribution in [0.5, 0.6) is 5.75 Å². The van der Waals surface area contributed by atoms with Crippen molar-refractivity contribution in [1.29, 1.82) is 0 Å². The number of amides is 1. The molecular weight excluding hydrogens is 378 g/mol. The Balaban J connectivity index is 2.79. The molecule has 1 aromatic rings. The SMILES string of the molecule is COCCCN(Cc1ccc(OS(C)(=O)=O)cc1)C(=O)C[C@@H](C)CC(C)(C)C. The highest BCUT2D eigenvalue weighted by Gasteiger charge is 2.21. The van der Waals surface area contributed by atoms with E-state index in [1.54, 1.807) is 31.4 Å². The van der Waals surface area contributed by atoms with Gasteiger partial charge in [0.25, 0.3) is 0 Å². The average Bonchev–Trinajstić information content (AvgIpc) is 2.52. The van der Waals surface area contributed by atoms with Gasteiger partial charge in [-0.05, 0) is 41.9 Å². The maximum atomic E-state index is 12.9. The summed E-state index contributed by atoms with van der Waals surface area (Å²) in [7, 11) is -1.90. The van der Waals surface area contributed by atoms with Gasteiger partial charge in [-0.2, -0.15) is 8.42 Å². The molecule has 0 saturated heterocycles. The lowest BCUT2D eigenvalue weighted by atomic mass is 9.84. The van der Waals surface area contributed by atoms with Gasteiger partial charge in [-0.15, -0.1) is 0 Å². The molecule has 0 heterocycles. The molecule has 0 aromatic heterocycles. The van der Waals surface area contributed by atoms with Crippen LogP contribution in [0.25, 0.3) is 0 Å². The fourth-order valence-corrected chi connectivity index (χ4v) is 3.74. The fourth-order valence-electron chi connectivity index (χ4n) is 3.28. The molecule has 0 unspecified atom stereocenters. The second-order valence-corrected chi connectivity index (χ2v) is 10.2. The molecule has 7 heteroatoms. The van der Waals surface area contributed by atoms with E-state index in [4.69, 9.17) is 8.92 Å². The predicted octanol–water partition coefficient (Wildman–Crippen LogP) is 3.85. The highest BCUT2D eigenvalue weighted by Crippen LogP contribution is 2.26. The molecule has 0 saturated carbocycles. The first-order valence-electron chi connectivity index (χ1n) is 9.65. The molecular formula is C21H35NO5S. The van der Waals surface area contributed by atoms with Gasteiger partial charge in [0, 0.05) is 33.2 Å². The maximum Gasteiger partial charge on any atom is 0.306 e. The smallest absolute Gasteiger partial charge is 0.306 e. The molecule has 1 atom stereocenters. The Kier molecular flexibility index (Phi) is 9.44. The Bertz CT molecular complexity index is 707. The number of nitrogens with zero attached hydrogens (tertiary/aromatic N) is 1. The van der Waals surface area contributed by atoms with Crippen molar-refractivity contribution < 1.29 is 22.1 Å². The number of carbonyl (C=O) groups is 1. The van der Waals surface area contributed by atoms with E-state index in [-0.39, 0.29) is 17.1 Å². The second-order valence-electron chi connectivity index (χ2n) is 8.67. The molecule has 28 heavy (non-hydrogen) atoms. The summed E-state index contributed by atoms with van der Waals surface area (Å²) < 4.78 is 32.4. The lowest BCUT2D eigenvalue weighted by Crippen LogP contribution is -2.33. The highest BCUT2D eigenvalue weighted by molar-refractivity contribution is 7.86. The Labute approximate surface area is 170 Å². The van der Waals surface area contributed by atoms with Crippen LogP contribution < -0.4 is 4.18 Å². The van der Waals surface area contributed by atoms with Crippen molar-refractivity contribution in [3.8, 4) is 5.75 Å². The molecule has 0 aliphatic rings. The van der Waals surface area contributed by atoms with Crippen LogP contribution in [-0.2, 0) is 26.2 Å². The molecule has 0 fully saturated rings. The van der Waals surface area contributed by atoms with Crippen molar-refractivity contribution in [3.63, 3.8) is 0 Å². The summed E-state index contributed by atoms with van der Waals surface area (Å²) in [6, 6.07) is 6.79. The molecule has 0 radical (unpaired) electrons. The van der Waals surface area contributed by atoms with E-state index in [0.717, 1.165) is 24.7 Å². The van der Waals surface area contributed by atoms with Crippen molar-refractivity contribution in [3.05, 3.63) is 29.8 Å². The third kappa shape index (κ3) is 10.7. The van der Waals surface area contributed by atoms with Crippen LogP contribution in [-0.4, -0.2) is 45.7 Å². The Hall–Kier alpha value is -1.60. The van der Waals surface area contributed by atoms with Crippen LogP contribution >= 0.6 is 0 Å². The minimum atomic E-state index is -3.55. The van der Waals surface area contributed by atoms with Crippen molar-refractivity contribution in [2.75, 3.05) is 26.5 Å². The third-order valence-corrected chi connectivity index (χ3v) is 4.65. The van der Waals surface area contributed by atoms with Crippen LogP contribution in [0.15, 0.2) is 24.3 Å². The van der Waals surface area contributed by atoms with Crippen LogP contribution in [0, 0.1) is 11.3 Å². The third-order valence-electron chi connectivity index (χ3n) is 4.16. The summed E-state index contributed by atoms with van der Waals surface area (Å²) in [6.45, 7) is 10.4. The standard InChI is InChI=1S/C21H35NO5S/c1-17(15-21(2,3)4)14-20(23)22(12-7-13-26-5)16-18-8-10-19(11-9-18)27-28(6,24)25/h8-11,17H,7,12-16H2,1-6H3/t17-/m1/s1. The molecule has 0 aliphatic heterocycles. The molecule has 1 aromatic carbocycles. The minimum Gasteiger partial charge on any atom is -0.385 e. The van der Waals surface area contributed by atoms with Gasteiger partial charge in [-0.25, -0.2) is 0 Å². The zero-order valence-corrected chi connectivity index (χ0v) is 18.8. The fraction of sp³-hybridized carbons (Fsp3) is 0.667. The molecule has 1 amide bonds. The van der Waals surface area contributed by atoms with Crippen molar-refractivity contribution in [2.24, 2.45) is 11.3 Å². The topological polar surface area (TPSA) is 72.9 Å². The van der Waals surface area contributed by atoms with Crippen molar-refractivity contribution in [2.45, 2.75) is 53.5 Å². The number of methoxy groups -OCH3 is 1. The summed E-state index contributed by atoms with van der Waals surface area (Å²) in [5.41, 5.74) is 1.12. The first-order valence-corrected chi connectivity index (χ1v) is 11.5. The summed E-state index contributed by atoms with van der Waals surface area (Å²) >= 11 is 0. The van der Waals surface area contributed by atoms with Gasteiger partial charge in [-0.3, -0.25) is 4.79 Å². The lowest BCUT2D eigenvalue weighted by Gasteiger charge is -2.27. The first-order chi connectivity index (χ1) is 12.9. The van der Waals surface area contributed by atoms with E-state index < -0.39 is 10.1 Å². The number of rotatable bonds is 11. The molecule has 0 N–H and O–H groups in total. The lowest BCUT2D eigenvalue weighted by molar-refractivity contribution is -0.133. The largest absolute Gasteiger partial charge is 0.385 e. The van der Waals surface area contributed by atoms with Gasteiger partial charge < -0.3 is 13.8 Å². The van der Waals surface area contributed by atoms with E-state index in [9.17, 15) is 13.2 Å². The van der Waals surface area contributed by atoms with Gasteiger partial charge in [0.05, 0.1) is 6.26 Å². The van der Waals surface area contributed by atoms with E-state index in [0.29, 0.717) is 32.0 Å². The van der Waals surface area contributed by atoms with Gasteiger partial charge in [0.2, 0.25) is 5.91 Å². The zero-order valence-electron chi connectivity index (χ0n) is 18.0. The van der Waals surface area contributed by atoms with Gasteiger partial charge in [0.15, 0.2) is 0 Å². The number of carbonyl (C=O) groups excluding carboxylic acids is 1.